The van der Waals surface area contributed by atoms with Gasteiger partial charge >= 0.3 is 11.9 Å². The summed E-state index contributed by atoms with van der Waals surface area (Å²) in [5.41, 5.74) is 0. The number of hydrogen-bond donors (Lipinski definition) is 2. The summed E-state index contributed by atoms with van der Waals surface area (Å²) in [7, 11) is 1.36. The molecule has 0 saturated heterocycles. The molecule has 0 bridgehead atoms. The summed E-state index contributed by atoms with van der Waals surface area (Å²) in [6.45, 7) is 3.07. The van der Waals surface area contributed by atoms with E-state index in [0.717, 1.165) is 0 Å². The van der Waals surface area contributed by atoms with Crippen molar-refractivity contribution in [3.05, 3.63) is 0 Å². The number of ether oxygens (including phenoxy) is 1. The lowest BCUT2D eigenvalue weighted by molar-refractivity contribution is -0.147. The lowest BCUT2D eigenvalue weighted by atomic mass is 10.4. The van der Waals surface area contributed by atoms with Crippen molar-refractivity contribution in [2.75, 3.05) is 7.11 Å². The number of carbonyl (C=O) groups is 2. The lowest BCUT2D eigenvalue weighted by Gasteiger charge is -1.98. The number of rotatable bonds is 3. The van der Waals surface area contributed by atoms with Crippen molar-refractivity contribution < 1.29 is 24.5 Å². The Labute approximate surface area is 71.0 Å². The van der Waals surface area contributed by atoms with Crippen LogP contribution in [0, 0.1) is 0 Å². The van der Waals surface area contributed by atoms with Gasteiger partial charge in [-0.05, 0) is 6.92 Å². The van der Waals surface area contributed by atoms with Crippen LogP contribution in [0.25, 0.3) is 0 Å². The van der Waals surface area contributed by atoms with Crippen LogP contribution in [0.5, 0.6) is 0 Å². The first-order valence-electron chi connectivity index (χ1n) is 3.43. The van der Waals surface area contributed by atoms with Gasteiger partial charge in [0.1, 0.15) is 0 Å². The van der Waals surface area contributed by atoms with Gasteiger partial charge < -0.3 is 14.9 Å². The molecule has 72 valence electrons. The second-order valence-corrected chi connectivity index (χ2v) is 1.96. The molecule has 0 heterocycles. The molecule has 0 aromatic carbocycles. The predicted octanol–water partition coefficient (Wildman–Crippen LogP) is 0.587. The molecule has 0 saturated carbocycles. The normalized spacial score (nSPS) is 10.9. The Morgan fingerprint density at radius 1 is 1.42 bits per heavy atom. The van der Waals surface area contributed by atoms with Crippen LogP contribution in [0.3, 0.4) is 0 Å². The van der Waals surface area contributed by atoms with Crippen LogP contribution < -0.4 is 0 Å². The van der Waals surface area contributed by atoms with E-state index < -0.39 is 18.0 Å². The topological polar surface area (TPSA) is 83.8 Å². The summed E-state index contributed by atoms with van der Waals surface area (Å²) in [4.78, 5) is 19.2. The highest BCUT2D eigenvalue weighted by atomic mass is 16.5. The molecule has 5 heteroatoms. The zero-order valence-corrected chi connectivity index (χ0v) is 7.40. The monoisotopic (exact) mass is 178 g/mol. The van der Waals surface area contributed by atoms with Gasteiger partial charge in [-0.25, -0.2) is 4.79 Å². The number of carboxylic acids is 2. The van der Waals surface area contributed by atoms with Crippen molar-refractivity contribution >= 4 is 11.9 Å². The second-order valence-electron chi connectivity index (χ2n) is 1.96. The van der Waals surface area contributed by atoms with Crippen molar-refractivity contribution in [2.24, 2.45) is 0 Å². The van der Waals surface area contributed by atoms with Gasteiger partial charge in [0.25, 0.3) is 0 Å². The Bertz CT molecular complexity index is 143. The highest BCUT2D eigenvalue weighted by Crippen LogP contribution is 1.83. The maximum atomic E-state index is 9.81. The van der Waals surface area contributed by atoms with Crippen LogP contribution >= 0.6 is 0 Å². The molecule has 0 radical (unpaired) electrons. The van der Waals surface area contributed by atoms with Gasteiger partial charge in [-0.15, -0.1) is 0 Å². The fourth-order valence-electron chi connectivity index (χ4n) is 0.101. The van der Waals surface area contributed by atoms with Gasteiger partial charge in [-0.1, -0.05) is 6.92 Å². The van der Waals surface area contributed by atoms with E-state index in [-0.39, 0.29) is 6.42 Å². The average molecular weight is 178 g/mol. The van der Waals surface area contributed by atoms with Crippen molar-refractivity contribution in [3.63, 3.8) is 0 Å². The minimum atomic E-state index is -0.928. The van der Waals surface area contributed by atoms with E-state index in [1.54, 1.807) is 6.92 Å². The first-order valence-corrected chi connectivity index (χ1v) is 3.43. The summed E-state index contributed by atoms with van der Waals surface area (Å²) >= 11 is 0. The average Bonchev–Trinajstić information content (AvgIpc) is 2.04. The van der Waals surface area contributed by atoms with Crippen LogP contribution in [0.2, 0.25) is 0 Å². The molecule has 5 nitrogen and oxygen atoms in total. The Balaban J connectivity index is 0. The highest BCUT2D eigenvalue weighted by Gasteiger charge is 2.06. The van der Waals surface area contributed by atoms with Gasteiger partial charge in [-0.3, -0.25) is 4.79 Å². The fourth-order valence-corrected chi connectivity index (χ4v) is 0.101. The van der Waals surface area contributed by atoms with E-state index in [2.05, 4.69) is 4.74 Å². The smallest absolute Gasteiger partial charge is 0.332 e. The molecule has 12 heavy (non-hydrogen) atoms. The van der Waals surface area contributed by atoms with Crippen LogP contribution in [-0.4, -0.2) is 35.4 Å². The molecule has 0 amide bonds. The van der Waals surface area contributed by atoms with Crippen molar-refractivity contribution in [1.82, 2.24) is 0 Å². The molecule has 0 aromatic heterocycles. The summed E-state index contributed by atoms with van der Waals surface area (Å²) in [5.74, 6) is -1.67. The molecule has 0 aromatic rings. The standard InChI is InChI=1S/C4H8O3.C3H6O2/c1-3(7-2)4(5)6;1-2-3(4)5/h3H,1-2H3,(H,5,6);2H2,1H3,(H,4,5). The number of carboxylic acid groups (broad SMARTS) is 2. The molecule has 0 fully saturated rings. The molecule has 1 unspecified atom stereocenters. The van der Waals surface area contributed by atoms with Gasteiger partial charge in [-0.2, -0.15) is 0 Å². The van der Waals surface area contributed by atoms with Crippen molar-refractivity contribution in [3.8, 4) is 0 Å². The highest BCUT2D eigenvalue weighted by molar-refractivity contribution is 5.71. The van der Waals surface area contributed by atoms with Crippen molar-refractivity contribution in [2.45, 2.75) is 26.4 Å². The third-order valence-corrected chi connectivity index (χ3v) is 1.00. The molecule has 0 aliphatic heterocycles. The molecule has 0 aliphatic carbocycles. The largest absolute Gasteiger partial charge is 0.481 e. The van der Waals surface area contributed by atoms with Crippen LogP contribution in [0.15, 0.2) is 0 Å². The maximum absolute atomic E-state index is 9.81. The zero-order chi connectivity index (χ0) is 10.1. The second kappa shape index (κ2) is 8.00. The van der Waals surface area contributed by atoms with Gasteiger partial charge in [0.05, 0.1) is 0 Å². The summed E-state index contributed by atoms with van der Waals surface area (Å²) < 4.78 is 4.41. The molecule has 0 spiro atoms. The Hall–Kier alpha value is -1.10. The van der Waals surface area contributed by atoms with E-state index >= 15 is 0 Å². The fraction of sp³-hybridized carbons (Fsp3) is 0.714. The third kappa shape index (κ3) is 11.7. The Morgan fingerprint density at radius 2 is 1.75 bits per heavy atom. The minimum absolute atomic E-state index is 0.222. The third-order valence-electron chi connectivity index (χ3n) is 1.00. The molecule has 0 aliphatic rings. The summed E-state index contributed by atoms with van der Waals surface area (Å²) in [5, 5.41) is 15.8. The lowest BCUT2D eigenvalue weighted by Crippen LogP contribution is -2.17. The quantitative estimate of drug-likeness (QED) is 0.660. The molecular formula is C7H14O5. The van der Waals surface area contributed by atoms with E-state index in [0.29, 0.717) is 0 Å². The van der Waals surface area contributed by atoms with Crippen LogP contribution in [0.1, 0.15) is 20.3 Å². The first-order chi connectivity index (χ1) is 5.45. The SMILES string of the molecule is CCC(=O)O.COC(C)C(=O)O. The molecule has 1 atom stereocenters. The minimum Gasteiger partial charge on any atom is -0.481 e. The molecule has 2 N–H and O–H groups in total. The predicted molar refractivity (Wildman–Crippen MR) is 42.0 cm³/mol. The Kier molecular flexibility index (Phi) is 8.99. The van der Waals surface area contributed by atoms with Gasteiger partial charge in [0.15, 0.2) is 6.10 Å². The van der Waals surface area contributed by atoms with Crippen molar-refractivity contribution in [1.29, 1.82) is 0 Å². The van der Waals surface area contributed by atoms with Crippen LogP contribution in [-0.2, 0) is 14.3 Å². The summed E-state index contributed by atoms with van der Waals surface area (Å²) in [6, 6.07) is 0. The van der Waals surface area contributed by atoms with E-state index in [1.807, 2.05) is 0 Å². The number of hydrogen-bond acceptors (Lipinski definition) is 3. The van der Waals surface area contributed by atoms with Crippen LogP contribution in [0.4, 0.5) is 0 Å². The maximum Gasteiger partial charge on any atom is 0.332 e. The van der Waals surface area contributed by atoms with Gasteiger partial charge in [0.2, 0.25) is 0 Å². The van der Waals surface area contributed by atoms with E-state index in [4.69, 9.17) is 10.2 Å². The van der Waals surface area contributed by atoms with E-state index in [9.17, 15) is 9.59 Å². The zero-order valence-electron chi connectivity index (χ0n) is 7.40. The molecule has 0 rings (SSSR count). The number of aliphatic carboxylic acids is 2. The van der Waals surface area contributed by atoms with Gasteiger partial charge in [0, 0.05) is 13.5 Å². The first kappa shape index (κ1) is 13.5. The Morgan fingerprint density at radius 3 is 1.75 bits per heavy atom. The number of methoxy groups -OCH3 is 1. The summed E-state index contributed by atoms with van der Waals surface area (Å²) in [6.07, 6.45) is -0.458. The van der Waals surface area contributed by atoms with E-state index in [1.165, 1.54) is 14.0 Å². The molecular weight excluding hydrogens is 164 g/mol.